The summed E-state index contributed by atoms with van der Waals surface area (Å²) in [6, 6.07) is 0. The summed E-state index contributed by atoms with van der Waals surface area (Å²) in [7, 11) is 0. The predicted molar refractivity (Wildman–Crippen MR) is 270 cm³/mol. The van der Waals surface area contributed by atoms with Gasteiger partial charge in [0.1, 0.15) is 13.2 Å². The Bertz CT molecular complexity index is 1190. The second kappa shape index (κ2) is 51.5. The molecule has 0 aliphatic carbocycles. The lowest BCUT2D eigenvalue weighted by molar-refractivity contribution is -0.167. The van der Waals surface area contributed by atoms with Crippen LogP contribution >= 0.6 is 0 Å². The molecular weight excluding hydrogens is 781 g/mol. The van der Waals surface area contributed by atoms with E-state index in [1.165, 1.54) is 109 Å². The van der Waals surface area contributed by atoms with Crippen molar-refractivity contribution in [3.05, 3.63) is 72.9 Å². The standard InChI is InChI=1S/C57H98O6/c1-4-7-10-13-16-19-22-25-28-31-34-37-40-43-46-49-55(58)61-52-54(63-57(60)51-48-45-42-39-36-33-30-27-24-21-18-15-12-9-6-3)53-62-56(59)50-47-44-41-38-35-32-29-26-23-20-17-14-11-8-5-2/h7,10,16,19,25-30,34,37,54H,4-6,8-9,11-15,17-18,20-24,31-33,35-36,38-53H2,1-3H3/b10-7-,19-16-,28-25-,29-26-,30-27-,37-34-/t54-/m1/s1. The van der Waals surface area contributed by atoms with E-state index in [9.17, 15) is 14.4 Å². The third kappa shape index (κ3) is 49.7. The van der Waals surface area contributed by atoms with Crippen LogP contribution < -0.4 is 0 Å². The molecule has 0 rings (SSSR count). The molecule has 0 spiro atoms. The van der Waals surface area contributed by atoms with Gasteiger partial charge in [-0.25, -0.2) is 0 Å². The largest absolute Gasteiger partial charge is 0.462 e. The quantitative estimate of drug-likeness (QED) is 0.0262. The van der Waals surface area contributed by atoms with E-state index < -0.39 is 6.10 Å². The van der Waals surface area contributed by atoms with Crippen LogP contribution in [0.15, 0.2) is 72.9 Å². The third-order valence-electron chi connectivity index (χ3n) is 11.2. The van der Waals surface area contributed by atoms with Gasteiger partial charge in [-0.05, 0) is 109 Å². The first-order chi connectivity index (χ1) is 31.0. The summed E-state index contributed by atoms with van der Waals surface area (Å²) in [6.07, 6.45) is 64.6. The van der Waals surface area contributed by atoms with Crippen LogP contribution in [-0.2, 0) is 28.6 Å². The highest BCUT2D eigenvalue weighted by atomic mass is 16.6. The van der Waals surface area contributed by atoms with Crippen LogP contribution in [-0.4, -0.2) is 37.2 Å². The number of unbranched alkanes of at least 4 members (excludes halogenated alkanes) is 24. The van der Waals surface area contributed by atoms with Crippen molar-refractivity contribution in [3.63, 3.8) is 0 Å². The van der Waals surface area contributed by atoms with Gasteiger partial charge < -0.3 is 14.2 Å². The van der Waals surface area contributed by atoms with Gasteiger partial charge in [0.05, 0.1) is 0 Å². The number of allylic oxidation sites excluding steroid dienone is 12. The van der Waals surface area contributed by atoms with Gasteiger partial charge in [-0.1, -0.05) is 196 Å². The van der Waals surface area contributed by atoms with Crippen LogP contribution in [0.2, 0.25) is 0 Å². The average Bonchev–Trinajstić information content (AvgIpc) is 3.28. The van der Waals surface area contributed by atoms with Gasteiger partial charge in [0.25, 0.3) is 0 Å². The van der Waals surface area contributed by atoms with Crippen LogP contribution in [0.1, 0.15) is 252 Å². The highest BCUT2D eigenvalue weighted by Gasteiger charge is 2.19. The molecule has 63 heavy (non-hydrogen) atoms. The normalized spacial score (nSPS) is 12.6. The molecule has 0 aliphatic rings. The molecule has 6 nitrogen and oxygen atoms in total. The Morgan fingerprint density at radius 3 is 1.02 bits per heavy atom. The topological polar surface area (TPSA) is 78.9 Å². The zero-order chi connectivity index (χ0) is 45.8. The number of hydrogen-bond acceptors (Lipinski definition) is 6. The zero-order valence-electron chi connectivity index (χ0n) is 41.3. The molecule has 0 aromatic rings. The summed E-state index contributed by atoms with van der Waals surface area (Å²) in [5.41, 5.74) is 0. The number of carbonyl (C=O) groups excluding carboxylic acids is 3. The molecule has 0 saturated carbocycles. The fourth-order valence-corrected chi connectivity index (χ4v) is 7.19. The Morgan fingerprint density at radius 2 is 0.619 bits per heavy atom. The fourth-order valence-electron chi connectivity index (χ4n) is 7.19. The van der Waals surface area contributed by atoms with Crippen molar-refractivity contribution in [2.45, 2.75) is 258 Å². The van der Waals surface area contributed by atoms with Gasteiger partial charge in [0, 0.05) is 19.3 Å². The van der Waals surface area contributed by atoms with Crippen LogP contribution in [0.25, 0.3) is 0 Å². The molecule has 0 N–H and O–H groups in total. The third-order valence-corrected chi connectivity index (χ3v) is 11.2. The van der Waals surface area contributed by atoms with E-state index in [2.05, 4.69) is 93.7 Å². The first kappa shape index (κ1) is 59.9. The maximum atomic E-state index is 12.8. The first-order valence-corrected chi connectivity index (χ1v) is 26.4. The highest BCUT2D eigenvalue weighted by molar-refractivity contribution is 5.71. The van der Waals surface area contributed by atoms with Crippen molar-refractivity contribution in [1.29, 1.82) is 0 Å². The Kier molecular flexibility index (Phi) is 48.9. The molecule has 0 amide bonds. The van der Waals surface area contributed by atoms with Gasteiger partial charge in [-0.15, -0.1) is 0 Å². The maximum Gasteiger partial charge on any atom is 0.306 e. The van der Waals surface area contributed by atoms with Crippen molar-refractivity contribution < 1.29 is 28.6 Å². The summed E-state index contributed by atoms with van der Waals surface area (Å²) in [6.45, 7) is 6.47. The molecular formula is C57H98O6. The van der Waals surface area contributed by atoms with Gasteiger partial charge in [0.2, 0.25) is 0 Å². The van der Waals surface area contributed by atoms with E-state index in [0.717, 1.165) is 103 Å². The minimum Gasteiger partial charge on any atom is -0.462 e. The van der Waals surface area contributed by atoms with E-state index >= 15 is 0 Å². The second-order valence-electron chi connectivity index (χ2n) is 17.4. The Balaban J connectivity index is 4.47. The van der Waals surface area contributed by atoms with Gasteiger partial charge >= 0.3 is 17.9 Å². The molecule has 0 aromatic heterocycles. The Morgan fingerprint density at radius 1 is 0.333 bits per heavy atom. The van der Waals surface area contributed by atoms with Gasteiger partial charge in [-0.3, -0.25) is 14.4 Å². The van der Waals surface area contributed by atoms with Crippen molar-refractivity contribution in [1.82, 2.24) is 0 Å². The summed E-state index contributed by atoms with van der Waals surface area (Å²) < 4.78 is 16.8. The predicted octanol–water partition coefficient (Wildman–Crippen LogP) is 17.4. The minimum absolute atomic E-state index is 0.0961. The number of carbonyl (C=O) groups is 3. The van der Waals surface area contributed by atoms with E-state index in [-0.39, 0.29) is 31.1 Å². The molecule has 1 atom stereocenters. The number of esters is 3. The molecule has 0 fully saturated rings. The first-order valence-electron chi connectivity index (χ1n) is 26.4. The SMILES string of the molecule is CC/C=C\C/C=C\C/C=C\C/C=C\CCCCC(=O)OC[C@H](COC(=O)CCCCCCC/C=C\CCCCCCCC)OC(=O)CCCCCCC/C=C\CCCCCCCC. The highest BCUT2D eigenvalue weighted by Crippen LogP contribution is 2.14. The lowest BCUT2D eigenvalue weighted by Crippen LogP contribution is -2.30. The minimum atomic E-state index is -0.799. The lowest BCUT2D eigenvalue weighted by Gasteiger charge is -2.18. The lowest BCUT2D eigenvalue weighted by atomic mass is 10.1. The van der Waals surface area contributed by atoms with Crippen molar-refractivity contribution in [2.75, 3.05) is 13.2 Å². The molecule has 0 unspecified atom stereocenters. The van der Waals surface area contributed by atoms with Crippen molar-refractivity contribution in [3.8, 4) is 0 Å². The number of ether oxygens (including phenoxy) is 3. The van der Waals surface area contributed by atoms with Crippen LogP contribution in [0, 0.1) is 0 Å². The summed E-state index contributed by atoms with van der Waals surface area (Å²) >= 11 is 0. The number of hydrogen-bond donors (Lipinski definition) is 0. The molecule has 0 bridgehead atoms. The second-order valence-corrected chi connectivity index (χ2v) is 17.4. The van der Waals surface area contributed by atoms with E-state index in [4.69, 9.17) is 14.2 Å². The molecule has 362 valence electrons. The molecule has 0 heterocycles. The molecule has 0 radical (unpaired) electrons. The van der Waals surface area contributed by atoms with E-state index in [1.54, 1.807) is 0 Å². The number of rotatable bonds is 47. The van der Waals surface area contributed by atoms with E-state index in [1.807, 2.05) is 0 Å². The van der Waals surface area contributed by atoms with E-state index in [0.29, 0.717) is 19.3 Å². The van der Waals surface area contributed by atoms with Crippen molar-refractivity contribution in [2.24, 2.45) is 0 Å². The van der Waals surface area contributed by atoms with Crippen LogP contribution in [0.4, 0.5) is 0 Å². The summed E-state index contributed by atoms with van der Waals surface area (Å²) in [5, 5.41) is 0. The Hall–Kier alpha value is -3.15. The Labute approximate surface area is 389 Å². The van der Waals surface area contributed by atoms with Crippen LogP contribution in [0.3, 0.4) is 0 Å². The molecule has 0 saturated heterocycles. The van der Waals surface area contributed by atoms with Gasteiger partial charge in [-0.2, -0.15) is 0 Å². The summed E-state index contributed by atoms with van der Waals surface area (Å²) in [5.74, 6) is -0.953. The average molecular weight is 879 g/mol. The van der Waals surface area contributed by atoms with Crippen molar-refractivity contribution >= 4 is 17.9 Å². The van der Waals surface area contributed by atoms with Crippen LogP contribution in [0.5, 0.6) is 0 Å². The fraction of sp³-hybridized carbons (Fsp3) is 0.737. The smallest absolute Gasteiger partial charge is 0.306 e. The summed E-state index contributed by atoms with van der Waals surface area (Å²) in [4.78, 5) is 38.0. The zero-order valence-corrected chi connectivity index (χ0v) is 41.3. The monoisotopic (exact) mass is 879 g/mol. The maximum absolute atomic E-state index is 12.8. The molecule has 0 aromatic carbocycles. The molecule has 0 aliphatic heterocycles. The molecule has 6 heteroatoms. The van der Waals surface area contributed by atoms with Gasteiger partial charge in [0.15, 0.2) is 6.10 Å².